The van der Waals surface area contributed by atoms with Crippen LogP contribution in [-0.4, -0.2) is 40.1 Å². The number of aromatic carboxylic acids is 1. The smallest absolute Gasteiger partial charge is 0.338 e. The van der Waals surface area contributed by atoms with Crippen molar-refractivity contribution in [3.05, 3.63) is 35.0 Å². The third-order valence-corrected chi connectivity index (χ3v) is 4.65. The van der Waals surface area contributed by atoms with Crippen molar-refractivity contribution in [1.82, 2.24) is 9.88 Å². The van der Waals surface area contributed by atoms with Gasteiger partial charge in [0.05, 0.1) is 5.56 Å². The fourth-order valence-electron chi connectivity index (χ4n) is 3.40. The van der Waals surface area contributed by atoms with Crippen molar-refractivity contribution < 1.29 is 9.90 Å². The molecule has 0 aliphatic carbocycles. The summed E-state index contributed by atoms with van der Waals surface area (Å²) in [6.07, 6.45) is 1.15. The average molecular weight is 286 g/mol. The quantitative estimate of drug-likeness (QED) is 0.909. The molecule has 1 aromatic carbocycles. The van der Waals surface area contributed by atoms with Gasteiger partial charge in [-0.15, -0.1) is 0 Å². The second-order valence-corrected chi connectivity index (χ2v) is 6.31. The summed E-state index contributed by atoms with van der Waals surface area (Å²) >= 11 is 0. The zero-order valence-corrected chi connectivity index (χ0v) is 12.8. The molecule has 2 aromatic rings. The first-order valence-corrected chi connectivity index (χ1v) is 7.57. The predicted molar refractivity (Wildman–Crippen MR) is 84.1 cm³/mol. The predicted octanol–water partition coefficient (Wildman–Crippen LogP) is 3.37. The van der Waals surface area contributed by atoms with Crippen molar-refractivity contribution in [2.75, 3.05) is 13.1 Å². The number of fused-ring (bicyclic) bond motifs is 1. The molecule has 0 saturated carbocycles. The largest absolute Gasteiger partial charge is 0.478 e. The van der Waals surface area contributed by atoms with Crippen molar-refractivity contribution in [2.45, 2.75) is 39.2 Å². The maximum absolute atomic E-state index is 11.4. The van der Waals surface area contributed by atoms with E-state index in [1.54, 1.807) is 0 Å². The van der Waals surface area contributed by atoms with E-state index >= 15 is 0 Å². The molecule has 2 heterocycles. The van der Waals surface area contributed by atoms with Crippen LogP contribution in [-0.2, 0) is 0 Å². The van der Waals surface area contributed by atoms with Crippen LogP contribution in [0, 0.1) is 6.92 Å². The first-order chi connectivity index (χ1) is 9.97. The highest BCUT2D eigenvalue weighted by Gasteiger charge is 2.26. The molecule has 2 N–H and O–H groups in total. The van der Waals surface area contributed by atoms with Gasteiger partial charge in [0, 0.05) is 29.2 Å². The molecule has 1 aliphatic rings. The molecule has 0 spiro atoms. The molecule has 0 radical (unpaired) electrons. The summed E-state index contributed by atoms with van der Waals surface area (Å²) in [7, 11) is 0. The SMILES string of the molecule is Cc1[nH]c2ccc(C3CCN(C(C)C)C3)cc2c1C(=O)O. The van der Waals surface area contributed by atoms with Crippen LogP contribution in [0.1, 0.15) is 47.8 Å². The van der Waals surface area contributed by atoms with Gasteiger partial charge >= 0.3 is 5.97 Å². The van der Waals surface area contributed by atoms with Gasteiger partial charge in [-0.1, -0.05) is 6.07 Å². The van der Waals surface area contributed by atoms with Crippen molar-refractivity contribution in [3.63, 3.8) is 0 Å². The lowest BCUT2D eigenvalue weighted by atomic mass is 9.96. The van der Waals surface area contributed by atoms with Gasteiger partial charge in [0.1, 0.15) is 0 Å². The second kappa shape index (κ2) is 5.19. The van der Waals surface area contributed by atoms with E-state index < -0.39 is 5.97 Å². The minimum Gasteiger partial charge on any atom is -0.478 e. The Bertz CT molecular complexity index is 687. The van der Waals surface area contributed by atoms with Gasteiger partial charge in [-0.2, -0.15) is 0 Å². The summed E-state index contributed by atoms with van der Waals surface area (Å²) < 4.78 is 0. The number of aryl methyl sites for hydroxylation is 1. The zero-order valence-electron chi connectivity index (χ0n) is 12.8. The van der Waals surface area contributed by atoms with Crippen molar-refractivity contribution in [2.24, 2.45) is 0 Å². The number of nitrogens with one attached hydrogen (secondary N) is 1. The molecular weight excluding hydrogens is 264 g/mol. The second-order valence-electron chi connectivity index (χ2n) is 6.31. The Morgan fingerprint density at radius 2 is 2.19 bits per heavy atom. The average Bonchev–Trinajstić information content (AvgIpc) is 3.00. The Hall–Kier alpha value is -1.81. The molecule has 1 saturated heterocycles. The fourth-order valence-corrected chi connectivity index (χ4v) is 3.40. The Kier molecular flexibility index (Phi) is 3.49. The normalized spacial score (nSPS) is 19.7. The lowest BCUT2D eigenvalue weighted by molar-refractivity contribution is 0.0698. The molecule has 4 nitrogen and oxygen atoms in total. The van der Waals surface area contributed by atoms with Gasteiger partial charge in [0.15, 0.2) is 0 Å². The topological polar surface area (TPSA) is 56.3 Å². The van der Waals surface area contributed by atoms with Gasteiger partial charge in [-0.25, -0.2) is 4.79 Å². The number of likely N-dealkylation sites (tertiary alicyclic amines) is 1. The Labute approximate surface area is 124 Å². The zero-order chi connectivity index (χ0) is 15.1. The number of aromatic amines is 1. The van der Waals surface area contributed by atoms with Gasteiger partial charge in [0.25, 0.3) is 0 Å². The van der Waals surface area contributed by atoms with Gasteiger partial charge in [0.2, 0.25) is 0 Å². The van der Waals surface area contributed by atoms with Crippen LogP contribution in [0.25, 0.3) is 10.9 Å². The van der Waals surface area contributed by atoms with Crippen LogP contribution in [0.4, 0.5) is 0 Å². The number of carboxylic acid groups (broad SMARTS) is 1. The molecule has 112 valence electrons. The van der Waals surface area contributed by atoms with E-state index in [0.717, 1.165) is 36.1 Å². The van der Waals surface area contributed by atoms with E-state index in [1.807, 2.05) is 13.0 Å². The van der Waals surface area contributed by atoms with Crippen LogP contribution in [0.5, 0.6) is 0 Å². The van der Waals surface area contributed by atoms with Gasteiger partial charge < -0.3 is 15.0 Å². The molecule has 1 aromatic heterocycles. The number of nitrogens with zero attached hydrogens (tertiary/aromatic N) is 1. The summed E-state index contributed by atoms with van der Waals surface area (Å²) in [5.74, 6) is -0.347. The number of rotatable bonds is 3. The van der Waals surface area contributed by atoms with Crippen molar-refractivity contribution in [1.29, 1.82) is 0 Å². The van der Waals surface area contributed by atoms with Crippen molar-refractivity contribution in [3.8, 4) is 0 Å². The number of carbonyl (C=O) groups is 1. The minimum absolute atomic E-state index is 0.408. The standard InChI is InChI=1S/C17H22N2O2/c1-10(2)19-7-6-13(9-19)12-4-5-15-14(8-12)16(17(20)21)11(3)18-15/h4-5,8,10,13,18H,6-7,9H2,1-3H3,(H,20,21). The summed E-state index contributed by atoms with van der Waals surface area (Å²) in [4.78, 5) is 17.1. The summed E-state index contributed by atoms with van der Waals surface area (Å²) in [5, 5.41) is 10.2. The van der Waals surface area contributed by atoms with Gasteiger partial charge in [-0.3, -0.25) is 0 Å². The number of hydrogen-bond acceptors (Lipinski definition) is 2. The number of hydrogen-bond donors (Lipinski definition) is 2. The van der Waals surface area contributed by atoms with Crippen LogP contribution >= 0.6 is 0 Å². The lowest BCUT2D eigenvalue weighted by Gasteiger charge is -2.20. The van der Waals surface area contributed by atoms with E-state index in [2.05, 4.69) is 35.9 Å². The molecule has 1 unspecified atom stereocenters. The monoisotopic (exact) mass is 286 g/mol. The molecule has 1 aliphatic heterocycles. The van der Waals surface area contributed by atoms with E-state index in [4.69, 9.17) is 0 Å². The molecule has 1 atom stereocenters. The minimum atomic E-state index is -0.855. The summed E-state index contributed by atoms with van der Waals surface area (Å²) in [6, 6.07) is 6.79. The molecule has 4 heteroatoms. The Morgan fingerprint density at radius 3 is 2.81 bits per heavy atom. The number of benzene rings is 1. The van der Waals surface area contributed by atoms with Crippen LogP contribution in [0.15, 0.2) is 18.2 Å². The number of H-pyrrole nitrogens is 1. The van der Waals surface area contributed by atoms with Gasteiger partial charge in [-0.05, 0) is 57.4 Å². The lowest BCUT2D eigenvalue weighted by Crippen LogP contribution is -2.27. The molecule has 1 fully saturated rings. The third kappa shape index (κ3) is 2.44. The van der Waals surface area contributed by atoms with Crippen LogP contribution in [0.2, 0.25) is 0 Å². The Morgan fingerprint density at radius 1 is 1.43 bits per heavy atom. The molecule has 0 bridgehead atoms. The highest BCUT2D eigenvalue weighted by Crippen LogP contribution is 2.32. The fraction of sp³-hybridized carbons (Fsp3) is 0.471. The van der Waals surface area contributed by atoms with Crippen molar-refractivity contribution >= 4 is 16.9 Å². The maximum Gasteiger partial charge on any atom is 0.338 e. The highest BCUT2D eigenvalue weighted by molar-refractivity contribution is 6.04. The van der Waals surface area contributed by atoms with Crippen LogP contribution in [0.3, 0.4) is 0 Å². The number of aromatic nitrogens is 1. The van der Waals surface area contributed by atoms with Crippen LogP contribution < -0.4 is 0 Å². The van der Waals surface area contributed by atoms with E-state index in [1.165, 1.54) is 5.56 Å². The summed E-state index contributed by atoms with van der Waals surface area (Å²) in [5.41, 5.74) is 3.30. The highest BCUT2D eigenvalue weighted by atomic mass is 16.4. The van der Waals surface area contributed by atoms with E-state index in [9.17, 15) is 9.90 Å². The van der Waals surface area contributed by atoms with E-state index in [-0.39, 0.29) is 0 Å². The first-order valence-electron chi connectivity index (χ1n) is 7.57. The molecule has 3 rings (SSSR count). The Balaban J connectivity index is 1.98. The maximum atomic E-state index is 11.4. The molecule has 0 amide bonds. The van der Waals surface area contributed by atoms with E-state index in [0.29, 0.717) is 17.5 Å². The number of carboxylic acids is 1. The molecule has 21 heavy (non-hydrogen) atoms. The summed E-state index contributed by atoms with van der Waals surface area (Å²) in [6.45, 7) is 8.46. The first kappa shape index (κ1) is 14.1. The third-order valence-electron chi connectivity index (χ3n) is 4.65. The molecular formula is C17H22N2O2.